The van der Waals surface area contributed by atoms with E-state index in [0.29, 0.717) is 11.0 Å². The fourth-order valence-electron chi connectivity index (χ4n) is 1.53. The minimum atomic E-state index is -4.02. The maximum Gasteiger partial charge on any atom is 0.238 e. The maximum atomic E-state index is 11.5. The molecule has 0 bridgehead atoms. The van der Waals surface area contributed by atoms with Crippen LogP contribution in [-0.2, 0) is 25.5 Å². The number of rotatable bonds is 2. The Morgan fingerprint density at radius 3 is 1.43 bits per heavy atom. The molecular weight excluding hydrogens is 336 g/mol. The summed E-state index contributed by atoms with van der Waals surface area (Å²) >= 11 is 0. The third-order valence-corrected chi connectivity index (χ3v) is 4.26. The molecule has 0 saturated carbocycles. The van der Waals surface area contributed by atoms with Crippen LogP contribution in [0.4, 0.5) is 0 Å². The molecule has 6 nitrogen and oxygen atoms in total. The van der Waals surface area contributed by atoms with Gasteiger partial charge in [-0.2, -0.15) is 0 Å². The second kappa shape index (κ2) is 6.88. The van der Waals surface area contributed by atoms with E-state index in [-0.39, 0.29) is 9.79 Å². The first-order chi connectivity index (χ1) is 9.83. The first-order valence-electron chi connectivity index (χ1n) is 7.03. The quantitative estimate of drug-likeness (QED) is 0.836. The molecule has 0 atom stereocenters. The molecule has 1 aromatic carbocycles. The van der Waals surface area contributed by atoms with Gasteiger partial charge < -0.3 is 0 Å². The summed E-state index contributed by atoms with van der Waals surface area (Å²) in [5, 5.41) is 10.1. The van der Waals surface area contributed by atoms with Gasteiger partial charge in [-0.25, -0.2) is 27.1 Å². The van der Waals surface area contributed by atoms with Crippen molar-refractivity contribution in [3.8, 4) is 0 Å². The van der Waals surface area contributed by atoms with Gasteiger partial charge in [-0.05, 0) is 28.5 Å². The van der Waals surface area contributed by atoms with E-state index in [4.69, 9.17) is 10.3 Å². The summed E-state index contributed by atoms with van der Waals surface area (Å²) in [5.74, 6) is 0. The van der Waals surface area contributed by atoms with Crippen LogP contribution < -0.4 is 10.3 Å². The van der Waals surface area contributed by atoms with Crippen LogP contribution >= 0.6 is 0 Å². The van der Waals surface area contributed by atoms with E-state index in [1.165, 1.54) is 12.1 Å². The van der Waals surface area contributed by atoms with Gasteiger partial charge in [0.25, 0.3) is 0 Å². The van der Waals surface area contributed by atoms with Gasteiger partial charge >= 0.3 is 0 Å². The molecule has 0 spiro atoms. The highest BCUT2D eigenvalue weighted by atomic mass is 32.2. The van der Waals surface area contributed by atoms with Crippen LogP contribution in [0.15, 0.2) is 28.0 Å². The van der Waals surface area contributed by atoms with Crippen LogP contribution in [0.2, 0.25) is 0 Å². The summed E-state index contributed by atoms with van der Waals surface area (Å²) in [7, 11) is -7.99. The molecule has 134 valence electrons. The summed E-state index contributed by atoms with van der Waals surface area (Å²) in [6.45, 7) is 14.1. The number of benzene rings is 1. The van der Waals surface area contributed by atoms with Crippen molar-refractivity contribution in [3.63, 3.8) is 0 Å². The molecule has 1 rings (SSSR count). The van der Waals surface area contributed by atoms with Crippen molar-refractivity contribution in [2.24, 2.45) is 15.7 Å². The van der Waals surface area contributed by atoms with Gasteiger partial charge in [-0.3, -0.25) is 0 Å². The van der Waals surface area contributed by atoms with Crippen molar-refractivity contribution in [2.45, 2.75) is 63.7 Å². The Morgan fingerprint density at radius 1 is 0.783 bits per heavy atom. The Labute approximate surface area is 140 Å². The third-order valence-electron chi connectivity index (χ3n) is 2.40. The molecule has 8 heteroatoms. The van der Waals surface area contributed by atoms with E-state index in [0.717, 1.165) is 6.07 Å². The number of hydrogen-bond acceptors (Lipinski definition) is 4. The third kappa shape index (κ3) is 8.45. The van der Waals surface area contributed by atoms with Crippen LogP contribution in [0.3, 0.4) is 0 Å². The van der Waals surface area contributed by atoms with Gasteiger partial charge in [0.15, 0.2) is 0 Å². The molecule has 0 aliphatic rings. The number of primary sulfonamides is 2. The normalized spacial score (nSPS) is 13.3. The molecule has 0 fully saturated rings. The van der Waals surface area contributed by atoms with Crippen LogP contribution in [0, 0.1) is 5.41 Å². The predicted molar refractivity (Wildman–Crippen MR) is 93.0 cm³/mol. The van der Waals surface area contributed by atoms with E-state index in [2.05, 4.69) is 27.7 Å². The Kier molecular flexibility index (Phi) is 6.59. The maximum absolute atomic E-state index is 11.5. The summed E-state index contributed by atoms with van der Waals surface area (Å²) in [4.78, 5) is -0.499. The zero-order chi connectivity index (χ0) is 18.9. The van der Waals surface area contributed by atoms with E-state index < -0.39 is 25.5 Å². The molecule has 0 radical (unpaired) electrons. The number of nitrogens with two attached hydrogens (primary N) is 2. The van der Waals surface area contributed by atoms with Gasteiger partial charge in [0, 0.05) is 0 Å². The fourth-order valence-corrected chi connectivity index (χ4v) is 3.12. The second-order valence-electron chi connectivity index (χ2n) is 8.00. The lowest BCUT2D eigenvalue weighted by Gasteiger charge is -2.22. The fraction of sp³-hybridized carbons (Fsp3) is 0.600. The molecule has 23 heavy (non-hydrogen) atoms. The predicted octanol–water partition coefficient (Wildman–Crippen LogP) is 2.33. The zero-order valence-corrected chi connectivity index (χ0v) is 16.5. The summed E-state index contributed by atoms with van der Waals surface area (Å²) in [5.41, 5.74) is 0.455. The summed E-state index contributed by atoms with van der Waals surface area (Å²) in [6.07, 6.45) is 0. The van der Waals surface area contributed by atoms with E-state index >= 15 is 0 Å². The monoisotopic (exact) mass is 364 g/mol. The first kappa shape index (κ1) is 22.0. The Balaban J connectivity index is 0.000000841. The van der Waals surface area contributed by atoms with Gasteiger partial charge in [-0.15, -0.1) is 0 Å². The highest BCUT2D eigenvalue weighted by Gasteiger charge is 2.25. The minimum Gasteiger partial charge on any atom is -0.225 e. The van der Waals surface area contributed by atoms with Gasteiger partial charge in [-0.1, -0.05) is 54.5 Å². The van der Waals surface area contributed by atoms with Crippen molar-refractivity contribution >= 4 is 20.0 Å². The van der Waals surface area contributed by atoms with Crippen LogP contribution in [0.1, 0.15) is 54.0 Å². The van der Waals surface area contributed by atoms with E-state index in [9.17, 15) is 16.8 Å². The molecule has 0 amide bonds. The zero-order valence-electron chi connectivity index (χ0n) is 14.8. The summed E-state index contributed by atoms with van der Waals surface area (Å²) in [6, 6.07) is 3.68. The Bertz CT molecular complexity index is 748. The van der Waals surface area contributed by atoms with Gasteiger partial charge in [0.2, 0.25) is 20.0 Å². The molecular formula is C15H28N2O4S2. The van der Waals surface area contributed by atoms with Crippen LogP contribution in [-0.4, -0.2) is 16.8 Å². The average Bonchev–Trinajstić information content (AvgIpc) is 2.22. The van der Waals surface area contributed by atoms with Crippen molar-refractivity contribution < 1.29 is 16.8 Å². The highest BCUT2D eigenvalue weighted by molar-refractivity contribution is 7.90. The molecule has 0 unspecified atom stereocenters. The lowest BCUT2D eigenvalue weighted by Crippen LogP contribution is -2.22. The van der Waals surface area contributed by atoms with Crippen molar-refractivity contribution in [3.05, 3.63) is 23.8 Å². The first-order valence-corrected chi connectivity index (χ1v) is 10.1. The van der Waals surface area contributed by atoms with Crippen molar-refractivity contribution in [1.82, 2.24) is 0 Å². The topological polar surface area (TPSA) is 120 Å². The SMILES string of the molecule is CC(C)(C)C.CC(C)(C)c1ccc(S(N)(=O)=O)cc1S(N)(=O)=O. The molecule has 0 heterocycles. The molecule has 0 aliphatic heterocycles. The molecule has 0 aromatic heterocycles. The largest absolute Gasteiger partial charge is 0.238 e. The van der Waals surface area contributed by atoms with Crippen molar-refractivity contribution in [1.29, 1.82) is 0 Å². The van der Waals surface area contributed by atoms with E-state index in [1.54, 1.807) is 20.8 Å². The Hall–Kier alpha value is -0.960. The highest BCUT2D eigenvalue weighted by Crippen LogP contribution is 2.29. The minimum absolute atomic E-state index is 0.221. The molecule has 1 aromatic rings. The van der Waals surface area contributed by atoms with Crippen LogP contribution in [0.5, 0.6) is 0 Å². The summed E-state index contributed by atoms with van der Waals surface area (Å²) < 4.78 is 45.5. The average molecular weight is 365 g/mol. The van der Waals surface area contributed by atoms with Gasteiger partial charge in [0.1, 0.15) is 0 Å². The van der Waals surface area contributed by atoms with E-state index in [1.807, 2.05) is 0 Å². The standard InChI is InChI=1S/C10H16N2O4S2.C5H12/c1-10(2,3)8-5-4-7(17(11,13)14)6-9(8)18(12,15)16;1-5(2,3)4/h4-6H,1-3H3,(H2,11,13,14)(H2,12,15,16);1-4H3. The number of hydrogen-bond donors (Lipinski definition) is 2. The lowest BCUT2D eigenvalue weighted by atomic mass is 9.87. The smallest absolute Gasteiger partial charge is 0.225 e. The lowest BCUT2D eigenvalue weighted by molar-refractivity contribution is 0.469. The Morgan fingerprint density at radius 2 is 1.17 bits per heavy atom. The molecule has 4 N–H and O–H groups in total. The van der Waals surface area contributed by atoms with Crippen LogP contribution in [0.25, 0.3) is 0 Å². The van der Waals surface area contributed by atoms with Gasteiger partial charge in [0.05, 0.1) is 9.79 Å². The molecule has 0 saturated heterocycles. The molecule has 0 aliphatic carbocycles. The second-order valence-corrected chi connectivity index (χ2v) is 11.1. The number of sulfonamides is 2. The van der Waals surface area contributed by atoms with Crippen molar-refractivity contribution in [2.75, 3.05) is 0 Å².